The second-order valence-electron chi connectivity index (χ2n) is 4.27. The van der Waals surface area contributed by atoms with Crippen molar-refractivity contribution in [1.29, 1.82) is 0 Å². The van der Waals surface area contributed by atoms with Crippen molar-refractivity contribution in [2.24, 2.45) is 5.73 Å². The lowest BCUT2D eigenvalue weighted by molar-refractivity contribution is 0.368. The topological polar surface area (TPSA) is 56.7 Å². The number of aryl methyl sites for hydroxylation is 1. The van der Waals surface area contributed by atoms with Crippen molar-refractivity contribution in [2.75, 3.05) is 6.54 Å². The minimum atomic E-state index is 0.374. The van der Waals surface area contributed by atoms with Crippen LogP contribution >= 0.6 is 0 Å². The van der Waals surface area contributed by atoms with Crippen LogP contribution in [0.5, 0.6) is 0 Å². The summed E-state index contributed by atoms with van der Waals surface area (Å²) in [7, 11) is 0. The summed E-state index contributed by atoms with van der Waals surface area (Å²) in [4.78, 5) is 4.54. The maximum atomic E-state index is 5.71. The molecule has 0 amide bonds. The SMILES string of the molecule is CC(C)c1nc2n(n1)C(CN)CCC2. The summed E-state index contributed by atoms with van der Waals surface area (Å²) in [6.45, 7) is 4.92. The normalized spacial score (nSPS) is 21.3. The molecule has 1 aromatic rings. The molecule has 14 heavy (non-hydrogen) atoms. The zero-order valence-corrected chi connectivity index (χ0v) is 8.90. The molecule has 4 nitrogen and oxygen atoms in total. The van der Waals surface area contributed by atoms with E-state index in [-0.39, 0.29) is 0 Å². The number of rotatable bonds is 2. The molecule has 0 fully saturated rings. The lowest BCUT2D eigenvalue weighted by atomic mass is 10.1. The lowest BCUT2D eigenvalue weighted by Gasteiger charge is -2.21. The Bertz CT molecular complexity index is 316. The summed E-state index contributed by atoms with van der Waals surface area (Å²) in [5, 5.41) is 4.53. The fourth-order valence-electron chi connectivity index (χ4n) is 1.92. The van der Waals surface area contributed by atoms with Crippen molar-refractivity contribution in [3.63, 3.8) is 0 Å². The number of aromatic nitrogens is 3. The second-order valence-corrected chi connectivity index (χ2v) is 4.27. The third-order valence-corrected chi connectivity index (χ3v) is 2.79. The van der Waals surface area contributed by atoms with Gasteiger partial charge in [-0.2, -0.15) is 5.10 Å². The highest BCUT2D eigenvalue weighted by Crippen LogP contribution is 2.23. The molecule has 0 radical (unpaired) electrons. The maximum Gasteiger partial charge on any atom is 0.153 e. The minimum Gasteiger partial charge on any atom is -0.328 e. The molecule has 2 heterocycles. The first-order valence-electron chi connectivity index (χ1n) is 5.37. The van der Waals surface area contributed by atoms with Gasteiger partial charge in [-0.1, -0.05) is 13.8 Å². The second kappa shape index (κ2) is 3.69. The molecule has 2 N–H and O–H groups in total. The number of fused-ring (bicyclic) bond motifs is 1. The molecule has 1 aliphatic rings. The minimum absolute atomic E-state index is 0.374. The highest BCUT2D eigenvalue weighted by molar-refractivity contribution is 5.01. The summed E-state index contributed by atoms with van der Waals surface area (Å²) in [6.07, 6.45) is 3.39. The van der Waals surface area contributed by atoms with E-state index in [9.17, 15) is 0 Å². The molecule has 0 bridgehead atoms. The van der Waals surface area contributed by atoms with Gasteiger partial charge in [0.05, 0.1) is 6.04 Å². The first-order valence-corrected chi connectivity index (χ1v) is 5.37. The molecule has 0 saturated heterocycles. The third kappa shape index (κ3) is 1.54. The molecule has 0 saturated carbocycles. The van der Waals surface area contributed by atoms with E-state index in [0.29, 0.717) is 18.5 Å². The van der Waals surface area contributed by atoms with E-state index in [2.05, 4.69) is 23.9 Å². The van der Waals surface area contributed by atoms with Gasteiger partial charge in [0, 0.05) is 18.9 Å². The molecule has 0 spiro atoms. The third-order valence-electron chi connectivity index (χ3n) is 2.79. The summed E-state index contributed by atoms with van der Waals surface area (Å²) in [6, 6.07) is 0.374. The summed E-state index contributed by atoms with van der Waals surface area (Å²) < 4.78 is 2.04. The average Bonchev–Trinajstić information content (AvgIpc) is 2.60. The highest BCUT2D eigenvalue weighted by Gasteiger charge is 2.22. The van der Waals surface area contributed by atoms with E-state index in [1.165, 1.54) is 6.42 Å². The number of hydrogen-bond donors (Lipinski definition) is 1. The Morgan fingerprint density at radius 2 is 2.36 bits per heavy atom. The van der Waals surface area contributed by atoms with Crippen molar-refractivity contribution in [2.45, 2.75) is 45.1 Å². The zero-order valence-electron chi connectivity index (χ0n) is 8.90. The number of hydrogen-bond acceptors (Lipinski definition) is 3. The fourth-order valence-corrected chi connectivity index (χ4v) is 1.92. The Labute approximate surface area is 84.5 Å². The van der Waals surface area contributed by atoms with Gasteiger partial charge in [0.1, 0.15) is 5.82 Å². The van der Waals surface area contributed by atoms with Gasteiger partial charge in [-0.15, -0.1) is 0 Å². The average molecular weight is 194 g/mol. The monoisotopic (exact) mass is 194 g/mol. The van der Waals surface area contributed by atoms with Crippen molar-refractivity contribution >= 4 is 0 Å². The molecular weight excluding hydrogens is 176 g/mol. The van der Waals surface area contributed by atoms with Crippen LogP contribution < -0.4 is 5.73 Å². The van der Waals surface area contributed by atoms with E-state index in [1.54, 1.807) is 0 Å². The largest absolute Gasteiger partial charge is 0.328 e. The molecule has 78 valence electrons. The van der Waals surface area contributed by atoms with Crippen LogP contribution in [0.3, 0.4) is 0 Å². The predicted octanol–water partition coefficient (Wildman–Crippen LogP) is 1.24. The van der Waals surface area contributed by atoms with Crippen LogP contribution in [0.15, 0.2) is 0 Å². The van der Waals surface area contributed by atoms with Crippen LogP contribution in [-0.2, 0) is 6.42 Å². The molecule has 1 atom stereocenters. The Hall–Kier alpha value is -0.900. The molecular formula is C10H18N4. The molecule has 1 aromatic heterocycles. The van der Waals surface area contributed by atoms with Crippen molar-refractivity contribution < 1.29 is 0 Å². The summed E-state index contributed by atoms with van der Waals surface area (Å²) in [5.74, 6) is 2.49. The van der Waals surface area contributed by atoms with E-state index in [1.807, 2.05) is 4.68 Å². The van der Waals surface area contributed by atoms with Crippen LogP contribution in [0.2, 0.25) is 0 Å². The van der Waals surface area contributed by atoms with E-state index in [4.69, 9.17) is 5.73 Å². The molecule has 2 rings (SSSR count). The van der Waals surface area contributed by atoms with E-state index < -0.39 is 0 Å². The lowest BCUT2D eigenvalue weighted by Crippen LogP contribution is -2.25. The summed E-state index contributed by atoms with van der Waals surface area (Å²) >= 11 is 0. The zero-order chi connectivity index (χ0) is 10.1. The van der Waals surface area contributed by atoms with Crippen molar-refractivity contribution in [3.05, 3.63) is 11.6 Å². The Balaban J connectivity index is 2.33. The quantitative estimate of drug-likeness (QED) is 0.770. The van der Waals surface area contributed by atoms with Crippen LogP contribution in [0.25, 0.3) is 0 Å². The van der Waals surface area contributed by atoms with Crippen molar-refractivity contribution in [1.82, 2.24) is 14.8 Å². The van der Waals surface area contributed by atoms with Gasteiger partial charge in [-0.25, -0.2) is 9.67 Å². The fraction of sp³-hybridized carbons (Fsp3) is 0.800. The van der Waals surface area contributed by atoms with Crippen molar-refractivity contribution in [3.8, 4) is 0 Å². The summed E-state index contributed by atoms with van der Waals surface area (Å²) in [5.41, 5.74) is 5.71. The van der Waals surface area contributed by atoms with Crippen LogP contribution in [0.1, 0.15) is 50.3 Å². The molecule has 0 aliphatic carbocycles. The van der Waals surface area contributed by atoms with Gasteiger partial charge in [0.2, 0.25) is 0 Å². The van der Waals surface area contributed by atoms with Gasteiger partial charge in [0.15, 0.2) is 5.82 Å². The Kier molecular flexibility index (Phi) is 2.54. The van der Waals surface area contributed by atoms with E-state index >= 15 is 0 Å². The van der Waals surface area contributed by atoms with Crippen LogP contribution in [-0.4, -0.2) is 21.3 Å². The standard InChI is InChI=1S/C10H18N4/c1-7(2)10-12-9-5-3-4-8(6-11)14(9)13-10/h7-8H,3-6,11H2,1-2H3. The maximum absolute atomic E-state index is 5.71. The number of nitrogens with two attached hydrogens (primary N) is 1. The smallest absolute Gasteiger partial charge is 0.153 e. The Morgan fingerprint density at radius 1 is 1.57 bits per heavy atom. The first kappa shape index (κ1) is 9.65. The van der Waals surface area contributed by atoms with Crippen LogP contribution in [0.4, 0.5) is 0 Å². The molecule has 0 aromatic carbocycles. The molecule has 1 unspecified atom stereocenters. The van der Waals surface area contributed by atoms with Gasteiger partial charge < -0.3 is 5.73 Å². The first-order chi connectivity index (χ1) is 6.72. The van der Waals surface area contributed by atoms with Gasteiger partial charge >= 0.3 is 0 Å². The Morgan fingerprint density at radius 3 is 3.00 bits per heavy atom. The molecule has 4 heteroatoms. The number of nitrogens with zero attached hydrogens (tertiary/aromatic N) is 3. The van der Waals surface area contributed by atoms with E-state index in [0.717, 1.165) is 24.5 Å². The van der Waals surface area contributed by atoms with Gasteiger partial charge in [0.25, 0.3) is 0 Å². The molecule has 1 aliphatic heterocycles. The van der Waals surface area contributed by atoms with Gasteiger partial charge in [-0.3, -0.25) is 0 Å². The van der Waals surface area contributed by atoms with Gasteiger partial charge in [-0.05, 0) is 12.8 Å². The highest BCUT2D eigenvalue weighted by atomic mass is 15.4. The predicted molar refractivity (Wildman–Crippen MR) is 55.1 cm³/mol. The van der Waals surface area contributed by atoms with Crippen LogP contribution in [0, 0.1) is 0 Å².